The smallest absolute Gasteiger partial charge is 0.250 e. The van der Waals surface area contributed by atoms with Crippen LogP contribution in [0.25, 0.3) is 0 Å². The first-order valence-corrected chi connectivity index (χ1v) is 9.17. The SMILES string of the molecule is CNCc1sc(S(=O)(=O)NC2CCCN(C)C2)cc1C. The Kier molecular flexibility index (Phi) is 5.19. The van der Waals surface area contributed by atoms with Crippen molar-refractivity contribution < 1.29 is 8.42 Å². The Morgan fingerprint density at radius 3 is 2.90 bits per heavy atom. The number of likely N-dealkylation sites (tertiary alicyclic amines) is 1. The first-order valence-electron chi connectivity index (χ1n) is 6.87. The molecule has 5 nitrogen and oxygen atoms in total. The van der Waals surface area contributed by atoms with Crippen molar-refractivity contribution in [3.8, 4) is 0 Å². The molecule has 2 heterocycles. The van der Waals surface area contributed by atoms with Gasteiger partial charge in [0, 0.05) is 24.0 Å². The summed E-state index contributed by atoms with van der Waals surface area (Å²) in [5.74, 6) is 0. The van der Waals surface area contributed by atoms with Gasteiger partial charge in [0.15, 0.2) is 0 Å². The molecule has 0 bridgehead atoms. The molecule has 0 aliphatic carbocycles. The highest BCUT2D eigenvalue weighted by molar-refractivity contribution is 7.91. The summed E-state index contributed by atoms with van der Waals surface area (Å²) in [4.78, 5) is 3.25. The number of aryl methyl sites for hydroxylation is 1. The Labute approximate surface area is 125 Å². The highest BCUT2D eigenvalue weighted by atomic mass is 32.2. The Hall–Kier alpha value is -0.470. The van der Waals surface area contributed by atoms with Gasteiger partial charge in [-0.25, -0.2) is 13.1 Å². The standard InChI is InChI=1S/C13H23N3O2S2/c1-10-7-13(19-12(10)8-14-2)20(17,18)15-11-5-4-6-16(3)9-11/h7,11,14-15H,4-6,8-9H2,1-3H3. The van der Waals surface area contributed by atoms with Crippen molar-refractivity contribution in [1.29, 1.82) is 0 Å². The van der Waals surface area contributed by atoms with Crippen molar-refractivity contribution in [2.75, 3.05) is 27.2 Å². The minimum Gasteiger partial charge on any atom is -0.315 e. The number of thiophene rings is 1. The molecule has 2 N–H and O–H groups in total. The molecule has 7 heteroatoms. The fraction of sp³-hybridized carbons (Fsp3) is 0.692. The lowest BCUT2D eigenvalue weighted by atomic mass is 10.1. The molecule has 0 spiro atoms. The normalized spacial score (nSPS) is 21.2. The van der Waals surface area contributed by atoms with Gasteiger partial charge in [-0.3, -0.25) is 0 Å². The second-order valence-corrected chi connectivity index (χ2v) is 8.50. The zero-order chi connectivity index (χ0) is 14.8. The fourth-order valence-corrected chi connectivity index (χ4v) is 5.38. The zero-order valence-electron chi connectivity index (χ0n) is 12.3. The maximum atomic E-state index is 12.4. The summed E-state index contributed by atoms with van der Waals surface area (Å²) in [6.07, 6.45) is 1.95. The van der Waals surface area contributed by atoms with Crippen molar-refractivity contribution in [2.45, 2.75) is 36.6 Å². The molecule has 20 heavy (non-hydrogen) atoms. The summed E-state index contributed by atoms with van der Waals surface area (Å²) in [7, 11) is 0.504. The lowest BCUT2D eigenvalue weighted by Gasteiger charge is -2.29. The van der Waals surface area contributed by atoms with Crippen LogP contribution in [0, 0.1) is 6.92 Å². The van der Waals surface area contributed by atoms with Crippen LogP contribution in [0.3, 0.4) is 0 Å². The van der Waals surface area contributed by atoms with Crippen molar-refractivity contribution in [3.63, 3.8) is 0 Å². The van der Waals surface area contributed by atoms with E-state index >= 15 is 0 Å². The Balaban J connectivity index is 2.11. The van der Waals surface area contributed by atoms with E-state index in [1.54, 1.807) is 6.07 Å². The molecule has 0 amide bonds. The van der Waals surface area contributed by atoms with Crippen molar-refractivity contribution in [1.82, 2.24) is 14.9 Å². The molecule has 1 unspecified atom stereocenters. The van der Waals surface area contributed by atoms with Gasteiger partial charge in [-0.05, 0) is 52.0 Å². The molecule has 1 aliphatic heterocycles. The first-order chi connectivity index (χ1) is 9.42. The van der Waals surface area contributed by atoms with E-state index in [0.717, 1.165) is 36.4 Å². The third-order valence-electron chi connectivity index (χ3n) is 3.55. The Morgan fingerprint density at radius 2 is 2.25 bits per heavy atom. The van der Waals surface area contributed by atoms with Crippen LogP contribution in [0.2, 0.25) is 0 Å². The van der Waals surface area contributed by atoms with Crippen molar-refractivity contribution in [2.24, 2.45) is 0 Å². The van der Waals surface area contributed by atoms with Crippen LogP contribution in [0.4, 0.5) is 0 Å². The Bertz CT molecular complexity index is 554. The van der Waals surface area contributed by atoms with E-state index in [1.807, 2.05) is 21.0 Å². The highest BCUT2D eigenvalue weighted by Gasteiger charge is 2.25. The molecule has 1 aromatic rings. The summed E-state index contributed by atoms with van der Waals surface area (Å²) in [5.41, 5.74) is 1.03. The average molecular weight is 317 g/mol. The van der Waals surface area contributed by atoms with Gasteiger partial charge < -0.3 is 10.2 Å². The molecule has 1 aromatic heterocycles. The van der Waals surface area contributed by atoms with Crippen LogP contribution in [0.1, 0.15) is 23.3 Å². The van der Waals surface area contributed by atoms with Crippen molar-refractivity contribution >= 4 is 21.4 Å². The van der Waals surface area contributed by atoms with Gasteiger partial charge in [0.25, 0.3) is 0 Å². The first kappa shape index (κ1) is 15.9. The van der Waals surface area contributed by atoms with Crippen LogP contribution < -0.4 is 10.0 Å². The predicted octanol–water partition coefficient (Wildman–Crippen LogP) is 1.15. The molecular weight excluding hydrogens is 294 g/mol. The van der Waals surface area contributed by atoms with Gasteiger partial charge in [-0.2, -0.15) is 0 Å². The van der Waals surface area contributed by atoms with Gasteiger partial charge in [0.1, 0.15) is 4.21 Å². The van der Waals surface area contributed by atoms with Crippen LogP contribution in [-0.2, 0) is 16.6 Å². The topological polar surface area (TPSA) is 61.4 Å². The monoisotopic (exact) mass is 317 g/mol. The van der Waals surface area contributed by atoms with E-state index in [1.165, 1.54) is 11.3 Å². The summed E-state index contributed by atoms with van der Waals surface area (Å²) >= 11 is 1.35. The maximum absolute atomic E-state index is 12.4. The number of likely N-dealkylation sites (N-methyl/N-ethyl adjacent to an activating group) is 1. The number of hydrogen-bond donors (Lipinski definition) is 2. The molecule has 1 aliphatic rings. The highest BCUT2D eigenvalue weighted by Crippen LogP contribution is 2.26. The molecule has 1 saturated heterocycles. The van der Waals surface area contributed by atoms with E-state index < -0.39 is 10.0 Å². The number of nitrogens with one attached hydrogen (secondary N) is 2. The maximum Gasteiger partial charge on any atom is 0.250 e. The van der Waals surface area contributed by atoms with Crippen LogP contribution in [0.15, 0.2) is 10.3 Å². The zero-order valence-corrected chi connectivity index (χ0v) is 13.9. The van der Waals surface area contributed by atoms with Gasteiger partial charge in [-0.15, -0.1) is 11.3 Å². The van der Waals surface area contributed by atoms with E-state index in [2.05, 4.69) is 14.9 Å². The lowest BCUT2D eigenvalue weighted by molar-refractivity contribution is 0.242. The number of rotatable bonds is 5. The molecule has 1 fully saturated rings. The van der Waals surface area contributed by atoms with Crippen molar-refractivity contribution in [3.05, 3.63) is 16.5 Å². The summed E-state index contributed by atoms with van der Waals surface area (Å²) in [6.45, 7) is 4.49. The lowest BCUT2D eigenvalue weighted by Crippen LogP contribution is -2.46. The number of nitrogens with zero attached hydrogens (tertiary/aromatic N) is 1. The third-order valence-corrected chi connectivity index (χ3v) is 6.78. The van der Waals surface area contributed by atoms with E-state index in [4.69, 9.17) is 0 Å². The predicted molar refractivity (Wildman–Crippen MR) is 82.7 cm³/mol. The second kappa shape index (κ2) is 6.53. The largest absolute Gasteiger partial charge is 0.315 e. The summed E-state index contributed by atoms with van der Waals surface area (Å²) in [5, 5.41) is 3.07. The summed E-state index contributed by atoms with van der Waals surface area (Å²) in [6, 6.07) is 1.79. The molecule has 114 valence electrons. The quantitative estimate of drug-likeness (QED) is 0.855. The molecule has 2 rings (SSSR count). The molecular formula is C13H23N3O2S2. The minimum atomic E-state index is -3.39. The van der Waals surface area contributed by atoms with Gasteiger partial charge >= 0.3 is 0 Å². The van der Waals surface area contributed by atoms with Gasteiger partial charge in [-0.1, -0.05) is 0 Å². The van der Waals surface area contributed by atoms with Gasteiger partial charge in [0.05, 0.1) is 0 Å². The molecule has 0 saturated carbocycles. The Morgan fingerprint density at radius 1 is 1.50 bits per heavy atom. The number of sulfonamides is 1. The third kappa shape index (κ3) is 3.79. The van der Waals surface area contributed by atoms with E-state index in [0.29, 0.717) is 10.8 Å². The molecule has 0 aromatic carbocycles. The number of piperidine rings is 1. The molecule has 0 radical (unpaired) electrons. The van der Waals surface area contributed by atoms with Crippen LogP contribution >= 0.6 is 11.3 Å². The molecule has 1 atom stereocenters. The van der Waals surface area contributed by atoms with Gasteiger partial charge in [0.2, 0.25) is 10.0 Å². The van der Waals surface area contributed by atoms with Crippen LogP contribution in [-0.4, -0.2) is 46.5 Å². The summed E-state index contributed by atoms with van der Waals surface area (Å²) < 4.78 is 28.1. The average Bonchev–Trinajstić information content (AvgIpc) is 2.72. The van der Waals surface area contributed by atoms with E-state index in [-0.39, 0.29) is 6.04 Å². The minimum absolute atomic E-state index is 0.0221. The van der Waals surface area contributed by atoms with Crippen LogP contribution in [0.5, 0.6) is 0 Å². The fourth-order valence-electron chi connectivity index (χ4n) is 2.50. The number of hydrogen-bond acceptors (Lipinski definition) is 5. The second-order valence-electron chi connectivity index (χ2n) is 5.42. The van der Waals surface area contributed by atoms with E-state index in [9.17, 15) is 8.42 Å².